The molecule has 158 valence electrons. The fourth-order valence-electron chi connectivity index (χ4n) is 3.49. The first-order valence-corrected chi connectivity index (χ1v) is 10.6. The minimum Gasteiger partial charge on any atom is -0.326 e. The number of amides is 2. The molecule has 2 aliphatic heterocycles. The number of alkyl halides is 4. The molecule has 0 saturated heterocycles. The van der Waals surface area contributed by atoms with Crippen molar-refractivity contribution in [2.75, 3.05) is 10.6 Å². The van der Waals surface area contributed by atoms with Crippen LogP contribution >= 0.6 is 27.7 Å². The van der Waals surface area contributed by atoms with E-state index < -0.39 is 39.4 Å². The second kappa shape index (κ2) is 6.84. The second-order valence-corrected chi connectivity index (χ2v) is 9.33. The van der Waals surface area contributed by atoms with Gasteiger partial charge in [-0.2, -0.15) is 18.2 Å². The number of thioether (sulfide) groups is 1. The van der Waals surface area contributed by atoms with E-state index in [1.165, 1.54) is 40.6 Å². The van der Waals surface area contributed by atoms with E-state index in [-0.39, 0.29) is 23.1 Å². The van der Waals surface area contributed by atoms with Crippen LogP contribution in [0.4, 0.5) is 19.0 Å². The summed E-state index contributed by atoms with van der Waals surface area (Å²) >= 11 is 4.57. The highest BCUT2D eigenvalue weighted by atomic mass is 79.9. The Hall–Kier alpha value is -2.34. The smallest absolute Gasteiger partial charge is 0.326 e. The second-order valence-electron chi connectivity index (χ2n) is 7.22. The average molecular weight is 503 g/mol. The third kappa shape index (κ3) is 2.96. The summed E-state index contributed by atoms with van der Waals surface area (Å²) in [6.07, 6.45) is -5.28. The number of fused-ring (bicyclic) bond motifs is 3. The van der Waals surface area contributed by atoms with Crippen LogP contribution in [0, 0.1) is 0 Å². The number of halogens is 4. The van der Waals surface area contributed by atoms with E-state index in [4.69, 9.17) is 0 Å². The number of carbonyl (C=O) groups excluding carboxylic acids is 2. The molecular weight excluding hydrogens is 489 g/mol. The van der Waals surface area contributed by atoms with Crippen LogP contribution in [0.15, 0.2) is 40.3 Å². The van der Waals surface area contributed by atoms with E-state index in [1.807, 2.05) is 6.92 Å². The summed E-state index contributed by atoms with van der Waals surface area (Å²) in [4.78, 5) is 41.8. The molecule has 0 saturated carbocycles. The molecule has 7 nitrogen and oxygen atoms in total. The molecule has 30 heavy (non-hydrogen) atoms. The molecule has 2 amide bonds. The number of nitrogens with zero attached hydrogens (tertiary/aromatic N) is 2. The van der Waals surface area contributed by atoms with Gasteiger partial charge in [0.15, 0.2) is 5.16 Å². The number of rotatable bonds is 3. The highest BCUT2D eigenvalue weighted by Gasteiger charge is 2.69. The van der Waals surface area contributed by atoms with Gasteiger partial charge in [0.05, 0.1) is 0 Å². The van der Waals surface area contributed by atoms with Crippen molar-refractivity contribution in [1.82, 2.24) is 14.9 Å². The molecule has 2 aliphatic rings. The quantitative estimate of drug-likeness (QED) is 0.497. The lowest BCUT2D eigenvalue weighted by Gasteiger charge is -2.30. The number of hydrogen-bond donors (Lipinski definition) is 2. The molecule has 1 aromatic heterocycles. The number of benzene rings is 1. The Labute approximate surface area is 180 Å². The summed E-state index contributed by atoms with van der Waals surface area (Å²) < 4.78 is 43.8. The van der Waals surface area contributed by atoms with Gasteiger partial charge in [-0.1, -0.05) is 45.9 Å². The van der Waals surface area contributed by atoms with Crippen molar-refractivity contribution in [3.8, 4) is 0 Å². The molecule has 4 rings (SSSR count). The van der Waals surface area contributed by atoms with Gasteiger partial charge in [-0.15, -0.1) is 0 Å². The predicted octanol–water partition coefficient (Wildman–Crippen LogP) is 2.64. The van der Waals surface area contributed by atoms with E-state index in [9.17, 15) is 27.6 Å². The van der Waals surface area contributed by atoms with E-state index in [0.717, 1.165) is 0 Å². The molecule has 2 aromatic rings. The zero-order valence-electron chi connectivity index (χ0n) is 15.3. The first kappa shape index (κ1) is 20.9. The van der Waals surface area contributed by atoms with E-state index in [1.54, 1.807) is 11.4 Å². The molecular formula is C18H14BrF3N4O3S. The zero-order valence-corrected chi connectivity index (χ0v) is 17.7. The van der Waals surface area contributed by atoms with E-state index in [0.29, 0.717) is 5.33 Å². The van der Waals surface area contributed by atoms with Gasteiger partial charge in [-0.25, -0.2) is 0 Å². The van der Waals surface area contributed by atoms with Gasteiger partial charge in [0, 0.05) is 22.2 Å². The minimum atomic E-state index is -5.28. The Balaban J connectivity index is 1.90. The predicted molar refractivity (Wildman–Crippen MR) is 107 cm³/mol. The summed E-state index contributed by atoms with van der Waals surface area (Å²) in [6.45, 7) is 2.07. The standard InChI is InChI=1S/C18H14BrF3N4O3S/c1-16(7-19)8-26-11-10(13(28)24-15(26)30-16)17(14(29)23-11,18(20,21)22)25-12(27)9-5-3-2-4-6-9/h2-6H,7-8H2,1H3,(H,23,29)(H,25,27)/t16-,17+/m0/s1. The molecule has 0 aliphatic carbocycles. The van der Waals surface area contributed by atoms with Gasteiger partial charge in [-0.05, 0) is 19.1 Å². The van der Waals surface area contributed by atoms with Crippen LogP contribution in [0.3, 0.4) is 0 Å². The Bertz CT molecular complexity index is 1120. The molecule has 3 heterocycles. The van der Waals surface area contributed by atoms with Crippen molar-refractivity contribution < 1.29 is 22.8 Å². The normalized spacial score (nSPS) is 24.9. The Morgan fingerprint density at radius 3 is 2.60 bits per heavy atom. The van der Waals surface area contributed by atoms with E-state index in [2.05, 4.69) is 26.2 Å². The van der Waals surface area contributed by atoms with Gasteiger partial charge in [0.25, 0.3) is 22.9 Å². The summed E-state index contributed by atoms with van der Waals surface area (Å²) in [5, 5.41) is 4.64. The van der Waals surface area contributed by atoms with Crippen molar-refractivity contribution in [3.05, 3.63) is 51.8 Å². The van der Waals surface area contributed by atoms with Crippen molar-refractivity contribution in [3.63, 3.8) is 0 Å². The summed E-state index contributed by atoms with van der Waals surface area (Å²) in [5.74, 6) is -2.98. The van der Waals surface area contributed by atoms with Crippen molar-refractivity contribution in [2.24, 2.45) is 0 Å². The largest absolute Gasteiger partial charge is 0.425 e. The highest BCUT2D eigenvalue weighted by molar-refractivity contribution is 9.09. The molecule has 0 fully saturated rings. The van der Waals surface area contributed by atoms with Crippen LogP contribution < -0.4 is 16.2 Å². The van der Waals surface area contributed by atoms with Gasteiger partial charge in [0.1, 0.15) is 11.4 Å². The van der Waals surface area contributed by atoms with Crippen LogP contribution in [0.5, 0.6) is 0 Å². The fraction of sp³-hybridized carbons (Fsp3) is 0.333. The van der Waals surface area contributed by atoms with Crippen LogP contribution in [0.25, 0.3) is 0 Å². The summed E-state index contributed by atoms with van der Waals surface area (Å²) in [7, 11) is 0. The zero-order chi connectivity index (χ0) is 21.9. The minimum absolute atomic E-state index is 0.0842. The summed E-state index contributed by atoms with van der Waals surface area (Å²) in [6, 6.07) is 7.14. The number of aromatic nitrogens is 2. The lowest BCUT2D eigenvalue weighted by atomic mass is 9.91. The number of nitrogens with one attached hydrogen (secondary N) is 2. The van der Waals surface area contributed by atoms with Crippen LogP contribution in [-0.4, -0.2) is 37.6 Å². The first-order valence-electron chi connectivity index (χ1n) is 8.68. The fourth-order valence-corrected chi connectivity index (χ4v) is 5.10. The first-order chi connectivity index (χ1) is 14.0. The van der Waals surface area contributed by atoms with Crippen LogP contribution in [0.1, 0.15) is 22.8 Å². The maximum Gasteiger partial charge on any atom is 0.425 e. The third-order valence-electron chi connectivity index (χ3n) is 4.97. The average Bonchev–Trinajstić information content (AvgIpc) is 3.18. The van der Waals surface area contributed by atoms with Gasteiger partial charge in [-0.3, -0.25) is 14.4 Å². The molecule has 2 N–H and O–H groups in total. The van der Waals surface area contributed by atoms with Crippen molar-refractivity contribution >= 4 is 45.3 Å². The molecule has 12 heteroatoms. The molecule has 0 unspecified atom stereocenters. The Morgan fingerprint density at radius 2 is 2.00 bits per heavy atom. The summed E-state index contributed by atoms with van der Waals surface area (Å²) in [5.41, 5.74) is -5.77. The van der Waals surface area contributed by atoms with E-state index >= 15 is 0 Å². The highest BCUT2D eigenvalue weighted by Crippen LogP contribution is 2.49. The van der Waals surface area contributed by atoms with Crippen molar-refractivity contribution in [1.29, 1.82) is 0 Å². The number of anilines is 1. The monoisotopic (exact) mass is 502 g/mol. The van der Waals surface area contributed by atoms with Gasteiger partial charge >= 0.3 is 6.18 Å². The molecule has 2 atom stereocenters. The van der Waals surface area contributed by atoms with Gasteiger partial charge in [0.2, 0.25) is 0 Å². The van der Waals surface area contributed by atoms with Crippen LogP contribution in [0.2, 0.25) is 0 Å². The third-order valence-corrected chi connectivity index (χ3v) is 7.84. The maximum atomic E-state index is 14.3. The lowest BCUT2D eigenvalue weighted by Crippen LogP contribution is -2.61. The SMILES string of the molecule is C[C@]1(CBr)Cn2c(nc(=O)c3c2NC(=O)[C@@]3(NC(=O)c2ccccc2)C(F)(F)F)S1. The molecule has 0 spiro atoms. The molecule has 0 radical (unpaired) electrons. The maximum absolute atomic E-state index is 14.3. The lowest BCUT2D eigenvalue weighted by molar-refractivity contribution is -0.196. The molecule has 0 bridgehead atoms. The number of carbonyl (C=O) groups is 2. The van der Waals surface area contributed by atoms with Crippen molar-refractivity contribution in [2.45, 2.75) is 35.1 Å². The topological polar surface area (TPSA) is 93.1 Å². The number of hydrogen-bond acceptors (Lipinski definition) is 5. The van der Waals surface area contributed by atoms with Gasteiger partial charge < -0.3 is 15.2 Å². The Kier molecular flexibility index (Phi) is 4.77. The Morgan fingerprint density at radius 1 is 1.33 bits per heavy atom. The van der Waals surface area contributed by atoms with Crippen LogP contribution in [-0.2, 0) is 16.9 Å². The molecule has 1 aromatic carbocycles.